The molecule has 0 aliphatic rings. The van der Waals surface area contributed by atoms with Crippen molar-refractivity contribution in [2.45, 2.75) is 12.7 Å². The van der Waals surface area contributed by atoms with Gasteiger partial charge in [0.1, 0.15) is 17.3 Å². The highest BCUT2D eigenvalue weighted by atomic mass is 19.4. The molecule has 0 bridgehead atoms. The largest absolute Gasteiger partial charge is 0.463 e. The smallest absolute Gasteiger partial charge is 0.417 e. The van der Waals surface area contributed by atoms with E-state index in [-0.39, 0.29) is 29.6 Å². The molecule has 0 aliphatic carbocycles. The van der Waals surface area contributed by atoms with Gasteiger partial charge >= 0.3 is 6.18 Å². The lowest BCUT2D eigenvalue weighted by Gasteiger charge is -2.11. The van der Waals surface area contributed by atoms with Gasteiger partial charge in [-0.1, -0.05) is 0 Å². The summed E-state index contributed by atoms with van der Waals surface area (Å²) in [6.45, 7) is 0.0425. The van der Waals surface area contributed by atoms with E-state index in [1.807, 2.05) is 6.07 Å². The summed E-state index contributed by atoms with van der Waals surface area (Å²) in [5, 5.41) is 12.3. The van der Waals surface area contributed by atoms with Crippen LogP contribution >= 0.6 is 0 Å². The van der Waals surface area contributed by atoms with Crippen LogP contribution in [0, 0.1) is 11.3 Å². The van der Waals surface area contributed by atoms with E-state index in [1.54, 1.807) is 12.1 Å². The zero-order valence-electron chi connectivity index (χ0n) is 13.1. The van der Waals surface area contributed by atoms with Crippen LogP contribution in [0.1, 0.15) is 16.8 Å². The first-order chi connectivity index (χ1) is 12.4. The van der Waals surface area contributed by atoms with Crippen molar-refractivity contribution in [3.63, 3.8) is 0 Å². The van der Waals surface area contributed by atoms with E-state index in [0.29, 0.717) is 11.5 Å². The molecule has 0 radical (unpaired) electrons. The van der Waals surface area contributed by atoms with Crippen molar-refractivity contribution < 1.29 is 17.6 Å². The molecule has 26 heavy (non-hydrogen) atoms. The van der Waals surface area contributed by atoms with Crippen LogP contribution in [0.3, 0.4) is 0 Å². The Morgan fingerprint density at radius 3 is 2.62 bits per heavy atom. The van der Waals surface area contributed by atoms with Gasteiger partial charge in [-0.3, -0.25) is 4.98 Å². The molecule has 3 aromatic rings. The van der Waals surface area contributed by atoms with Crippen molar-refractivity contribution in [2.75, 3.05) is 11.1 Å². The van der Waals surface area contributed by atoms with Crippen LogP contribution < -0.4 is 11.1 Å². The van der Waals surface area contributed by atoms with E-state index >= 15 is 0 Å². The number of rotatable bonds is 4. The quantitative estimate of drug-likeness (QED) is 0.734. The predicted molar refractivity (Wildman–Crippen MR) is 85.4 cm³/mol. The van der Waals surface area contributed by atoms with Crippen LogP contribution in [0.2, 0.25) is 0 Å². The Morgan fingerprint density at radius 2 is 2.04 bits per heavy atom. The summed E-state index contributed by atoms with van der Waals surface area (Å²) >= 11 is 0. The maximum absolute atomic E-state index is 12.6. The Kier molecular flexibility index (Phi) is 4.45. The molecule has 0 aromatic carbocycles. The van der Waals surface area contributed by atoms with Crippen molar-refractivity contribution in [3.8, 4) is 17.5 Å². The summed E-state index contributed by atoms with van der Waals surface area (Å²) in [4.78, 5) is 11.7. The third-order valence-corrected chi connectivity index (χ3v) is 3.38. The summed E-state index contributed by atoms with van der Waals surface area (Å²) in [6, 6.07) is 7.38. The van der Waals surface area contributed by atoms with Crippen molar-refractivity contribution in [1.29, 1.82) is 5.26 Å². The number of furan rings is 1. The minimum absolute atomic E-state index is 0.0425. The molecule has 0 aliphatic heterocycles. The molecular formula is C16H11F3N6O. The molecule has 10 heteroatoms. The number of nitrogen functional groups attached to an aromatic ring is 1. The molecule has 3 aromatic heterocycles. The standard InChI is InChI=1S/C16H11F3N6O/c17-16(18,19)9-3-4-10(22-7-9)8-23-14-11(6-20)13(24-15(21)25-14)12-2-1-5-26-12/h1-5,7H,8H2,(H3,21,23,24,25). The lowest BCUT2D eigenvalue weighted by atomic mass is 10.2. The van der Waals surface area contributed by atoms with E-state index in [1.165, 1.54) is 12.3 Å². The van der Waals surface area contributed by atoms with Gasteiger partial charge in [-0.2, -0.15) is 23.4 Å². The number of nitrogens with two attached hydrogens (primary N) is 1. The number of nitrogens with zero attached hydrogens (tertiary/aromatic N) is 4. The average Bonchev–Trinajstić information content (AvgIpc) is 3.13. The number of nitrogens with one attached hydrogen (secondary N) is 1. The number of nitriles is 1. The van der Waals surface area contributed by atoms with Crippen LogP contribution in [-0.4, -0.2) is 15.0 Å². The number of hydrogen-bond acceptors (Lipinski definition) is 7. The monoisotopic (exact) mass is 360 g/mol. The second-order valence-electron chi connectivity index (χ2n) is 5.13. The van der Waals surface area contributed by atoms with Crippen molar-refractivity contribution in [1.82, 2.24) is 15.0 Å². The maximum Gasteiger partial charge on any atom is 0.417 e. The van der Waals surface area contributed by atoms with Gasteiger partial charge in [0.15, 0.2) is 11.6 Å². The van der Waals surface area contributed by atoms with Gasteiger partial charge in [0, 0.05) is 6.20 Å². The molecule has 3 heterocycles. The van der Waals surface area contributed by atoms with E-state index in [9.17, 15) is 18.4 Å². The van der Waals surface area contributed by atoms with Crippen LogP contribution in [0.4, 0.5) is 24.9 Å². The number of alkyl halides is 3. The third-order valence-electron chi connectivity index (χ3n) is 3.38. The topological polar surface area (TPSA) is 114 Å². The van der Waals surface area contributed by atoms with Gasteiger partial charge in [0.25, 0.3) is 0 Å². The van der Waals surface area contributed by atoms with Gasteiger partial charge in [-0.15, -0.1) is 0 Å². The first kappa shape index (κ1) is 17.2. The Labute approximate surface area is 145 Å². The van der Waals surface area contributed by atoms with Crippen molar-refractivity contribution in [3.05, 3.63) is 53.5 Å². The van der Waals surface area contributed by atoms with E-state index in [0.717, 1.165) is 12.3 Å². The third kappa shape index (κ3) is 3.56. The fraction of sp³-hybridized carbons (Fsp3) is 0.125. The van der Waals surface area contributed by atoms with Crippen LogP contribution in [0.25, 0.3) is 11.5 Å². The van der Waals surface area contributed by atoms with Crippen LogP contribution in [-0.2, 0) is 12.7 Å². The number of pyridine rings is 1. The van der Waals surface area contributed by atoms with E-state index in [2.05, 4.69) is 20.3 Å². The Balaban J connectivity index is 1.85. The molecule has 0 spiro atoms. The average molecular weight is 360 g/mol. The lowest BCUT2D eigenvalue weighted by molar-refractivity contribution is -0.137. The highest BCUT2D eigenvalue weighted by Crippen LogP contribution is 2.29. The minimum atomic E-state index is -4.45. The highest BCUT2D eigenvalue weighted by Gasteiger charge is 2.30. The SMILES string of the molecule is N#Cc1c(NCc2ccc(C(F)(F)F)cn2)nc(N)nc1-c1ccco1. The zero-order chi connectivity index (χ0) is 18.7. The number of aromatic nitrogens is 3. The van der Waals surface area contributed by atoms with Gasteiger partial charge in [-0.05, 0) is 24.3 Å². The van der Waals surface area contributed by atoms with E-state index in [4.69, 9.17) is 10.2 Å². The van der Waals surface area contributed by atoms with Gasteiger partial charge in [0.2, 0.25) is 5.95 Å². The van der Waals surface area contributed by atoms with Crippen LogP contribution in [0.5, 0.6) is 0 Å². The maximum atomic E-state index is 12.6. The lowest BCUT2D eigenvalue weighted by Crippen LogP contribution is -2.10. The highest BCUT2D eigenvalue weighted by molar-refractivity contribution is 5.71. The fourth-order valence-corrected chi connectivity index (χ4v) is 2.17. The van der Waals surface area contributed by atoms with Crippen molar-refractivity contribution >= 4 is 11.8 Å². The number of halogens is 3. The molecule has 0 fully saturated rings. The minimum Gasteiger partial charge on any atom is -0.463 e. The second kappa shape index (κ2) is 6.72. The normalized spacial score (nSPS) is 11.2. The van der Waals surface area contributed by atoms with E-state index < -0.39 is 11.7 Å². The van der Waals surface area contributed by atoms with Gasteiger partial charge in [-0.25, -0.2) is 4.98 Å². The van der Waals surface area contributed by atoms with Crippen LogP contribution in [0.15, 0.2) is 41.1 Å². The first-order valence-electron chi connectivity index (χ1n) is 7.26. The second-order valence-corrected chi connectivity index (χ2v) is 5.13. The molecule has 0 saturated heterocycles. The Morgan fingerprint density at radius 1 is 1.23 bits per heavy atom. The molecule has 0 amide bonds. The number of anilines is 2. The predicted octanol–water partition coefficient (Wildman–Crippen LogP) is 3.22. The van der Waals surface area contributed by atoms with Gasteiger partial charge in [0.05, 0.1) is 24.1 Å². The summed E-state index contributed by atoms with van der Waals surface area (Å²) in [5.41, 5.74) is 5.48. The molecule has 0 saturated carbocycles. The summed E-state index contributed by atoms with van der Waals surface area (Å²) in [6.07, 6.45) is -2.29. The first-order valence-corrected chi connectivity index (χ1v) is 7.26. The Hall–Kier alpha value is -3.61. The summed E-state index contributed by atoms with van der Waals surface area (Å²) in [5.74, 6) is 0.387. The molecule has 0 atom stereocenters. The van der Waals surface area contributed by atoms with Gasteiger partial charge < -0.3 is 15.5 Å². The Bertz CT molecular complexity index is 946. The molecule has 7 nitrogen and oxygen atoms in total. The fourth-order valence-electron chi connectivity index (χ4n) is 2.17. The molecule has 3 N–H and O–H groups in total. The zero-order valence-corrected chi connectivity index (χ0v) is 13.1. The molecule has 132 valence electrons. The molecular weight excluding hydrogens is 349 g/mol. The van der Waals surface area contributed by atoms with Crippen molar-refractivity contribution in [2.24, 2.45) is 0 Å². The number of hydrogen-bond donors (Lipinski definition) is 2. The summed E-state index contributed by atoms with van der Waals surface area (Å²) in [7, 11) is 0. The molecule has 0 unspecified atom stereocenters. The summed E-state index contributed by atoms with van der Waals surface area (Å²) < 4.78 is 42.9. The molecule has 3 rings (SSSR count).